The molecule has 0 saturated carbocycles. The summed E-state index contributed by atoms with van der Waals surface area (Å²) in [5.41, 5.74) is 0.0363. The molecule has 0 spiro atoms. The molecule has 0 bridgehead atoms. The first-order valence-electron chi connectivity index (χ1n) is 10.0. The van der Waals surface area contributed by atoms with Crippen molar-refractivity contribution in [2.45, 2.75) is 13.1 Å². The Bertz CT molecular complexity index is 1380. The van der Waals surface area contributed by atoms with Gasteiger partial charge in [0, 0.05) is 18.5 Å². The summed E-state index contributed by atoms with van der Waals surface area (Å²) in [5, 5.41) is 2.76. The molecular weight excluding hydrogens is 426 g/mol. The fourth-order valence-electron chi connectivity index (χ4n) is 3.38. The van der Waals surface area contributed by atoms with Crippen LogP contribution in [0.3, 0.4) is 0 Å². The van der Waals surface area contributed by atoms with Crippen molar-refractivity contribution >= 4 is 11.6 Å². The minimum atomic E-state index is -0.713. The lowest BCUT2D eigenvalue weighted by atomic mass is 10.2. The number of anilines is 1. The van der Waals surface area contributed by atoms with Gasteiger partial charge >= 0.3 is 5.69 Å². The molecular formula is C23H21N5O5. The summed E-state index contributed by atoms with van der Waals surface area (Å²) >= 11 is 0. The summed E-state index contributed by atoms with van der Waals surface area (Å²) in [4.78, 5) is 46.5. The van der Waals surface area contributed by atoms with Crippen LogP contribution in [-0.4, -0.2) is 39.2 Å². The third-order valence-electron chi connectivity index (χ3n) is 4.99. The second-order valence-corrected chi connectivity index (χ2v) is 7.09. The lowest BCUT2D eigenvalue weighted by Gasteiger charge is -2.16. The number of aromatic nitrogens is 4. The molecule has 0 unspecified atom stereocenters. The van der Waals surface area contributed by atoms with E-state index in [1.807, 2.05) is 0 Å². The molecule has 33 heavy (non-hydrogen) atoms. The standard InChI is InChI=1S/C23H21N5O5/c1-32-16-8-9-18(19(12-16)33-2)25-20(29)14-27-11-5-7-17-21(27)26-23(31)28(22(17)30)13-15-6-3-4-10-24-15/h3-12H,13-14H2,1-2H3,(H,25,29). The van der Waals surface area contributed by atoms with Crippen LogP contribution in [0.5, 0.6) is 11.5 Å². The fraction of sp³-hybridized carbons (Fsp3) is 0.174. The molecule has 10 heteroatoms. The molecule has 1 aromatic carbocycles. The number of amides is 1. The zero-order valence-electron chi connectivity index (χ0n) is 18.0. The summed E-state index contributed by atoms with van der Waals surface area (Å²) in [7, 11) is 3.02. The summed E-state index contributed by atoms with van der Waals surface area (Å²) in [6.07, 6.45) is 3.17. The Morgan fingerprint density at radius 1 is 1.06 bits per heavy atom. The Hall–Kier alpha value is -4.47. The van der Waals surface area contributed by atoms with Gasteiger partial charge in [0.05, 0.1) is 37.7 Å². The molecule has 0 fully saturated rings. The van der Waals surface area contributed by atoms with Gasteiger partial charge < -0.3 is 19.4 Å². The first-order valence-corrected chi connectivity index (χ1v) is 10.0. The van der Waals surface area contributed by atoms with Crippen molar-refractivity contribution in [1.29, 1.82) is 0 Å². The highest BCUT2D eigenvalue weighted by Gasteiger charge is 2.19. The van der Waals surface area contributed by atoms with Gasteiger partial charge in [0.2, 0.25) is 5.91 Å². The zero-order valence-corrected chi connectivity index (χ0v) is 18.0. The molecule has 0 atom stereocenters. The first-order chi connectivity index (χ1) is 16.0. The van der Waals surface area contributed by atoms with E-state index in [0.29, 0.717) is 22.9 Å². The number of carbonyl (C=O) groups is 1. The molecule has 1 aromatic heterocycles. The van der Waals surface area contributed by atoms with Crippen LogP contribution in [0.1, 0.15) is 5.69 Å². The average Bonchev–Trinajstić information content (AvgIpc) is 2.83. The van der Waals surface area contributed by atoms with Crippen molar-refractivity contribution in [2.75, 3.05) is 19.5 Å². The predicted octanol–water partition coefficient (Wildman–Crippen LogP) is 1.61. The average molecular weight is 447 g/mol. The monoisotopic (exact) mass is 447 g/mol. The molecule has 4 rings (SSSR count). The van der Waals surface area contributed by atoms with Crippen LogP contribution in [-0.2, 0) is 17.9 Å². The van der Waals surface area contributed by atoms with Gasteiger partial charge in [0.15, 0.2) is 5.82 Å². The third-order valence-corrected chi connectivity index (χ3v) is 4.99. The van der Waals surface area contributed by atoms with Gasteiger partial charge in [-0.1, -0.05) is 6.07 Å². The smallest absolute Gasteiger partial charge is 0.352 e. The number of methoxy groups -OCH3 is 2. The van der Waals surface area contributed by atoms with Gasteiger partial charge in [0.25, 0.3) is 5.56 Å². The van der Waals surface area contributed by atoms with Crippen LogP contribution < -0.4 is 26.0 Å². The van der Waals surface area contributed by atoms with Crippen LogP contribution in [0.4, 0.5) is 5.69 Å². The number of nitrogens with one attached hydrogen (secondary N) is 1. The highest BCUT2D eigenvalue weighted by Crippen LogP contribution is 2.29. The van der Waals surface area contributed by atoms with Gasteiger partial charge in [-0.15, -0.1) is 0 Å². The van der Waals surface area contributed by atoms with Gasteiger partial charge in [-0.2, -0.15) is 4.98 Å². The van der Waals surface area contributed by atoms with E-state index < -0.39 is 11.2 Å². The second-order valence-electron chi connectivity index (χ2n) is 7.09. The molecule has 0 radical (unpaired) electrons. The molecule has 0 aliphatic carbocycles. The predicted molar refractivity (Wildman–Crippen MR) is 121 cm³/mol. The van der Waals surface area contributed by atoms with Crippen molar-refractivity contribution in [3.05, 3.63) is 87.5 Å². The fourth-order valence-corrected chi connectivity index (χ4v) is 3.38. The molecule has 3 heterocycles. The Morgan fingerprint density at radius 3 is 2.64 bits per heavy atom. The van der Waals surface area contributed by atoms with E-state index in [1.54, 1.807) is 60.9 Å². The molecule has 2 aliphatic heterocycles. The number of benzene rings is 1. The molecule has 2 aliphatic rings. The Morgan fingerprint density at radius 2 is 1.91 bits per heavy atom. The largest absolute Gasteiger partial charge is 0.497 e. The van der Waals surface area contributed by atoms with Crippen LogP contribution in [0.2, 0.25) is 0 Å². The van der Waals surface area contributed by atoms with Crippen molar-refractivity contribution < 1.29 is 14.3 Å². The van der Waals surface area contributed by atoms with Gasteiger partial charge in [-0.3, -0.25) is 19.1 Å². The lowest BCUT2D eigenvalue weighted by molar-refractivity contribution is -0.116. The van der Waals surface area contributed by atoms with E-state index in [0.717, 1.165) is 4.57 Å². The minimum absolute atomic E-state index is 0.00803. The topological polar surface area (TPSA) is 117 Å². The molecule has 0 saturated heterocycles. The Balaban J connectivity index is 1.62. The maximum absolute atomic E-state index is 13.0. The van der Waals surface area contributed by atoms with Crippen molar-refractivity contribution in [2.24, 2.45) is 0 Å². The maximum atomic E-state index is 13.0. The van der Waals surface area contributed by atoms with Gasteiger partial charge in [-0.25, -0.2) is 4.79 Å². The first kappa shape index (κ1) is 21.8. The van der Waals surface area contributed by atoms with Gasteiger partial charge in [0.1, 0.15) is 18.0 Å². The van der Waals surface area contributed by atoms with Crippen LogP contribution in [0.25, 0.3) is 11.4 Å². The number of hydrogen-bond acceptors (Lipinski definition) is 7. The molecule has 1 amide bonds. The summed E-state index contributed by atoms with van der Waals surface area (Å²) in [5.74, 6) is 0.759. The highest BCUT2D eigenvalue weighted by atomic mass is 16.5. The molecule has 2 aromatic rings. The molecule has 1 N–H and O–H groups in total. The Labute approximate surface area is 188 Å². The van der Waals surface area contributed by atoms with Crippen LogP contribution in [0.15, 0.2) is 70.5 Å². The number of nitrogens with zero attached hydrogens (tertiary/aromatic N) is 4. The number of ether oxygens (including phenoxy) is 2. The van der Waals surface area contributed by atoms with E-state index >= 15 is 0 Å². The van der Waals surface area contributed by atoms with Crippen molar-refractivity contribution in [3.8, 4) is 22.9 Å². The minimum Gasteiger partial charge on any atom is -0.497 e. The van der Waals surface area contributed by atoms with E-state index in [9.17, 15) is 14.4 Å². The summed E-state index contributed by atoms with van der Waals surface area (Å²) in [6.45, 7) is -0.156. The van der Waals surface area contributed by atoms with Crippen LogP contribution in [0, 0.1) is 0 Å². The van der Waals surface area contributed by atoms with Crippen LogP contribution >= 0.6 is 0 Å². The van der Waals surface area contributed by atoms with E-state index in [2.05, 4.69) is 15.3 Å². The summed E-state index contributed by atoms with van der Waals surface area (Å²) in [6, 6.07) is 13.4. The SMILES string of the molecule is COc1ccc(NC(=O)Cn2cccc3c(=O)n(Cc4ccccn4)c(=O)nc2-3)c(OC)c1. The van der Waals surface area contributed by atoms with E-state index in [4.69, 9.17) is 9.47 Å². The number of fused-ring (bicyclic) bond motifs is 1. The normalized spacial score (nSPS) is 10.7. The Kier molecular flexibility index (Phi) is 6.16. The highest BCUT2D eigenvalue weighted by molar-refractivity contribution is 5.92. The number of pyridine rings is 2. The quantitative estimate of drug-likeness (QED) is 0.457. The number of rotatable bonds is 7. The maximum Gasteiger partial charge on any atom is 0.352 e. The van der Waals surface area contributed by atoms with E-state index in [-0.39, 0.29) is 30.4 Å². The molecule has 10 nitrogen and oxygen atoms in total. The van der Waals surface area contributed by atoms with Crippen molar-refractivity contribution in [3.63, 3.8) is 0 Å². The number of carbonyl (C=O) groups excluding carboxylic acids is 1. The summed E-state index contributed by atoms with van der Waals surface area (Å²) < 4.78 is 12.9. The lowest BCUT2D eigenvalue weighted by Crippen LogP contribution is -2.38. The van der Waals surface area contributed by atoms with Crippen molar-refractivity contribution in [1.82, 2.24) is 19.1 Å². The van der Waals surface area contributed by atoms with E-state index in [1.165, 1.54) is 18.8 Å². The third kappa shape index (κ3) is 4.59. The number of hydrogen-bond donors (Lipinski definition) is 1. The zero-order chi connectivity index (χ0) is 23.4. The van der Waals surface area contributed by atoms with Gasteiger partial charge in [-0.05, 0) is 36.4 Å². The second kappa shape index (κ2) is 9.35. The molecule has 168 valence electrons.